The second kappa shape index (κ2) is 4.99. The summed E-state index contributed by atoms with van der Waals surface area (Å²) in [5, 5.41) is 11.9. The van der Waals surface area contributed by atoms with Gasteiger partial charge in [0.2, 0.25) is 5.91 Å². The number of hydrogen-bond donors (Lipinski definition) is 2. The molecule has 7 nitrogen and oxygen atoms in total. The van der Waals surface area contributed by atoms with Crippen molar-refractivity contribution in [1.29, 1.82) is 0 Å². The summed E-state index contributed by atoms with van der Waals surface area (Å²) < 4.78 is 0. The first kappa shape index (κ1) is 12.3. The van der Waals surface area contributed by atoms with Gasteiger partial charge in [0.05, 0.1) is 6.04 Å². The lowest BCUT2D eigenvalue weighted by molar-refractivity contribution is -0.127. The third-order valence-corrected chi connectivity index (χ3v) is 2.83. The van der Waals surface area contributed by atoms with Crippen molar-refractivity contribution in [1.82, 2.24) is 14.9 Å². The Morgan fingerprint density at radius 1 is 1.61 bits per heavy atom. The number of anilines is 1. The second-order valence-corrected chi connectivity index (χ2v) is 4.07. The molecule has 1 fully saturated rings. The van der Waals surface area contributed by atoms with Gasteiger partial charge in [-0.05, 0) is 6.92 Å². The minimum absolute atomic E-state index is 0.0333. The van der Waals surface area contributed by atoms with E-state index in [0.29, 0.717) is 25.3 Å². The fourth-order valence-electron chi connectivity index (χ4n) is 1.94. The maximum atomic E-state index is 11.5. The van der Waals surface area contributed by atoms with Crippen molar-refractivity contribution in [3.8, 4) is 0 Å². The normalized spacial score (nSPS) is 19.1. The van der Waals surface area contributed by atoms with Gasteiger partial charge in [0.15, 0.2) is 5.69 Å². The minimum Gasteiger partial charge on any atom is -0.477 e. The molecule has 1 aromatic rings. The smallest absolute Gasteiger partial charge is 0.354 e. The van der Waals surface area contributed by atoms with Crippen LogP contribution in [0.5, 0.6) is 0 Å². The number of likely N-dealkylation sites (N-methyl/N-ethyl adjacent to an activating group) is 1. The predicted octanol–water partition coefficient (Wildman–Crippen LogP) is 0.207. The van der Waals surface area contributed by atoms with E-state index in [1.54, 1.807) is 4.90 Å². The summed E-state index contributed by atoms with van der Waals surface area (Å²) >= 11 is 0. The predicted molar refractivity (Wildman–Crippen MR) is 63.3 cm³/mol. The molecule has 1 aliphatic heterocycles. The van der Waals surface area contributed by atoms with Gasteiger partial charge in [-0.15, -0.1) is 0 Å². The van der Waals surface area contributed by atoms with Crippen LogP contribution in [0.4, 0.5) is 5.82 Å². The number of carboxylic acid groups (broad SMARTS) is 1. The highest BCUT2D eigenvalue weighted by Gasteiger charge is 2.28. The first-order valence-electron chi connectivity index (χ1n) is 5.69. The average molecular weight is 250 g/mol. The highest BCUT2D eigenvalue weighted by molar-refractivity contribution is 5.86. The van der Waals surface area contributed by atoms with E-state index in [9.17, 15) is 9.59 Å². The largest absolute Gasteiger partial charge is 0.477 e. The van der Waals surface area contributed by atoms with Crippen LogP contribution in [0.25, 0.3) is 0 Å². The van der Waals surface area contributed by atoms with Gasteiger partial charge in [-0.25, -0.2) is 14.8 Å². The standard InChI is InChI=1S/C11H14N4O3/c1-2-15-5-7(3-10(15)16)14-9-4-8(11(17)18)12-6-13-9/h4,6-7H,2-3,5H2,1H3,(H,17,18)(H,12,13,14). The summed E-state index contributed by atoms with van der Waals surface area (Å²) in [6, 6.07) is 1.33. The van der Waals surface area contributed by atoms with E-state index in [0.717, 1.165) is 0 Å². The molecule has 2 heterocycles. The summed E-state index contributed by atoms with van der Waals surface area (Å²) in [6.45, 7) is 3.22. The fourth-order valence-corrected chi connectivity index (χ4v) is 1.94. The van der Waals surface area contributed by atoms with Crippen molar-refractivity contribution in [3.05, 3.63) is 18.1 Å². The van der Waals surface area contributed by atoms with Crippen molar-refractivity contribution in [3.63, 3.8) is 0 Å². The van der Waals surface area contributed by atoms with Gasteiger partial charge in [-0.1, -0.05) is 0 Å². The van der Waals surface area contributed by atoms with Crippen molar-refractivity contribution in [2.75, 3.05) is 18.4 Å². The number of nitrogens with zero attached hydrogens (tertiary/aromatic N) is 3. The first-order valence-corrected chi connectivity index (χ1v) is 5.69. The number of nitrogens with one attached hydrogen (secondary N) is 1. The Morgan fingerprint density at radius 3 is 3.00 bits per heavy atom. The third-order valence-electron chi connectivity index (χ3n) is 2.83. The van der Waals surface area contributed by atoms with E-state index >= 15 is 0 Å². The molecule has 0 spiro atoms. The molecule has 2 rings (SSSR count). The van der Waals surface area contributed by atoms with Crippen LogP contribution >= 0.6 is 0 Å². The molecular weight excluding hydrogens is 236 g/mol. The molecule has 7 heteroatoms. The third kappa shape index (κ3) is 2.55. The first-order chi connectivity index (χ1) is 8.60. The molecule has 1 amide bonds. The SMILES string of the molecule is CCN1CC(Nc2cc(C(=O)O)ncn2)CC1=O. The van der Waals surface area contributed by atoms with E-state index < -0.39 is 5.97 Å². The number of aromatic carboxylic acids is 1. The lowest BCUT2D eigenvalue weighted by atomic mass is 10.2. The number of rotatable bonds is 4. The maximum Gasteiger partial charge on any atom is 0.354 e. The molecule has 0 saturated carbocycles. The number of likely N-dealkylation sites (tertiary alicyclic amines) is 1. The highest BCUT2D eigenvalue weighted by Crippen LogP contribution is 2.15. The zero-order chi connectivity index (χ0) is 13.1. The van der Waals surface area contributed by atoms with Gasteiger partial charge in [0, 0.05) is 25.6 Å². The maximum absolute atomic E-state index is 11.5. The van der Waals surface area contributed by atoms with Crippen LogP contribution < -0.4 is 5.32 Å². The molecule has 1 aliphatic rings. The molecule has 1 atom stereocenters. The lowest BCUT2D eigenvalue weighted by Gasteiger charge is -2.15. The Balaban J connectivity index is 2.04. The number of amides is 1. The zero-order valence-corrected chi connectivity index (χ0v) is 9.96. The lowest BCUT2D eigenvalue weighted by Crippen LogP contribution is -2.27. The molecule has 0 aromatic carbocycles. The van der Waals surface area contributed by atoms with Crippen molar-refractivity contribution < 1.29 is 14.7 Å². The summed E-state index contributed by atoms with van der Waals surface area (Å²) in [4.78, 5) is 31.6. The summed E-state index contributed by atoms with van der Waals surface area (Å²) in [5.74, 6) is -0.571. The van der Waals surface area contributed by atoms with E-state index in [1.807, 2.05) is 6.92 Å². The molecule has 1 saturated heterocycles. The molecule has 2 N–H and O–H groups in total. The van der Waals surface area contributed by atoms with Crippen LogP contribution in [0, 0.1) is 0 Å². The van der Waals surface area contributed by atoms with E-state index in [1.165, 1.54) is 12.4 Å². The van der Waals surface area contributed by atoms with Gasteiger partial charge in [0.1, 0.15) is 12.1 Å². The molecule has 1 unspecified atom stereocenters. The number of carbonyl (C=O) groups excluding carboxylic acids is 1. The number of hydrogen-bond acceptors (Lipinski definition) is 5. The average Bonchev–Trinajstić information content (AvgIpc) is 2.69. The summed E-state index contributed by atoms with van der Waals surface area (Å²) in [7, 11) is 0. The second-order valence-electron chi connectivity index (χ2n) is 4.07. The monoisotopic (exact) mass is 250 g/mol. The van der Waals surface area contributed by atoms with Gasteiger partial charge in [-0.3, -0.25) is 4.79 Å². The molecular formula is C11H14N4O3. The Morgan fingerprint density at radius 2 is 2.39 bits per heavy atom. The van der Waals surface area contributed by atoms with Crippen LogP contribution in [0.3, 0.4) is 0 Å². The van der Waals surface area contributed by atoms with Gasteiger partial charge < -0.3 is 15.3 Å². The molecule has 1 aromatic heterocycles. The van der Waals surface area contributed by atoms with Crippen LogP contribution in [0.1, 0.15) is 23.8 Å². The van der Waals surface area contributed by atoms with Gasteiger partial charge in [-0.2, -0.15) is 0 Å². The number of aromatic nitrogens is 2. The van der Waals surface area contributed by atoms with Gasteiger partial charge >= 0.3 is 5.97 Å². The fraction of sp³-hybridized carbons (Fsp3) is 0.455. The quantitative estimate of drug-likeness (QED) is 0.793. The van der Waals surface area contributed by atoms with Crippen LogP contribution in [-0.2, 0) is 4.79 Å². The Kier molecular flexibility index (Phi) is 3.40. The van der Waals surface area contributed by atoms with Crippen LogP contribution in [0.15, 0.2) is 12.4 Å². The molecule has 96 valence electrons. The Labute approximate surface area is 104 Å². The van der Waals surface area contributed by atoms with E-state index in [2.05, 4.69) is 15.3 Å². The van der Waals surface area contributed by atoms with E-state index in [4.69, 9.17) is 5.11 Å². The van der Waals surface area contributed by atoms with Gasteiger partial charge in [0.25, 0.3) is 0 Å². The summed E-state index contributed by atoms with van der Waals surface area (Å²) in [5.41, 5.74) is -0.0656. The summed E-state index contributed by atoms with van der Waals surface area (Å²) in [6.07, 6.45) is 1.60. The molecule has 0 radical (unpaired) electrons. The van der Waals surface area contributed by atoms with Crippen molar-refractivity contribution in [2.24, 2.45) is 0 Å². The minimum atomic E-state index is -1.10. The Bertz CT molecular complexity index is 477. The molecule has 0 aliphatic carbocycles. The Hall–Kier alpha value is -2.18. The van der Waals surface area contributed by atoms with Crippen LogP contribution in [0.2, 0.25) is 0 Å². The van der Waals surface area contributed by atoms with Crippen molar-refractivity contribution >= 4 is 17.7 Å². The number of carbonyl (C=O) groups is 2. The highest BCUT2D eigenvalue weighted by atomic mass is 16.4. The molecule has 18 heavy (non-hydrogen) atoms. The van der Waals surface area contributed by atoms with E-state index in [-0.39, 0.29) is 17.6 Å². The zero-order valence-electron chi connectivity index (χ0n) is 9.96. The van der Waals surface area contributed by atoms with Crippen molar-refractivity contribution in [2.45, 2.75) is 19.4 Å². The topological polar surface area (TPSA) is 95.4 Å². The molecule has 0 bridgehead atoms. The number of carboxylic acids is 1. The van der Waals surface area contributed by atoms with Crippen LogP contribution in [-0.4, -0.2) is 51.0 Å².